The van der Waals surface area contributed by atoms with Gasteiger partial charge in [0.1, 0.15) is 5.75 Å². The van der Waals surface area contributed by atoms with Crippen LogP contribution in [-0.4, -0.2) is 23.6 Å². The average Bonchev–Trinajstić information content (AvgIpc) is 2.77. The fourth-order valence-corrected chi connectivity index (χ4v) is 3.12. The highest BCUT2D eigenvalue weighted by Crippen LogP contribution is 2.22. The van der Waals surface area contributed by atoms with Crippen molar-refractivity contribution in [1.82, 2.24) is 5.32 Å². The molecule has 154 valence electrons. The van der Waals surface area contributed by atoms with E-state index < -0.39 is 5.97 Å². The summed E-state index contributed by atoms with van der Waals surface area (Å²) < 4.78 is 5.17. The maximum Gasteiger partial charge on any atom is 0.338 e. The fourth-order valence-electron chi connectivity index (χ4n) is 3.12. The first-order chi connectivity index (χ1) is 14.5. The van der Waals surface area contributed by atoms with Crippen molar-refractivity contribution in [2.24, 2.45) is 0 Å². The lowest BCUT2D eigenvalue weighted by Crippen LogP contribution is -2.32. The maximum absolute atomic E-state index is 12.3. The summed E-state index contributed by atoms with van der Waals surface area (Å²) in [5.41, 5.74) is 4.38. The molecule has 30 heavy (non-hydrogen) atoms. The number of carbonyl (C=O) groups excluding carboxylic acids is 2. The summed E-state index contributed by atoms with van der Waals surface area (Å²) in [7, 11) is 0. The Bertz CT molecular complexity index is 993. The van der Waals surface area contributed by atoms with Crippen LogP contribution in [0.1, 0.15) is 40.9 Å². The van der Waals surface area contributed by atoms with E-state index in [1.165, 1.54) is 0 Å². The highest BCUT2D eigenvalue weighted by atomic mass is 16.5. The molecule has 1 atom stereocenters. The first kappa shape index (κ1) is 21.1. The van der Waals surface area contributed by atoms with Crippen LogP contribution < -0.4 is 5.32 Å². The van der Waals surface area contributed by atoms with Gasteiger partial charge >= 0.3 is 5.97 Å². The molecule has 0 saturated heterocycles. The molecule has 0 unspecified atom stereocenters. The molecule has 3 aromatic carbocycles. The second-order valence-corrected chi connectivity index (χ2v) is 7.14. The molecule has 1 amide bonds. The Hall–Kier alpha value is -3.60. The number of rotatable bonds is 7. The molecule has 0 heterocycles. The number of benzene rings is 3. The van der Waals surface area contributed by atoms with Crippen molar-refractivity contribution in [2.75, 3.05) is 6.61 Å². The normalized spacial score (nSPS) is 11.5. The molecule has 0 fully saturated rings. The van der Waals surface area contributed by atoms with Crippen LogP contribution in [0.2, 0.25) is 0 Å². The Kier molecular flexibility index (Phi) is 6.86. The minimum Gasteiger partial charge on any atom is -0.508 e. The predicted molar refractivity (Wildman–Crippen MR) is 116 cm³/mol. The summed E-state index contributed by atoms with van der Waals surface area (Å²) in [5.74, 6) is -0.688. The lowest BCUT2D eigenvalue weighted by molar-refractivity contribution is -0.125. The summed E-state index contributed by atoms with van der Waals surface area (Å²) in [5, 5.41) is 12.3. The number of hydrogen-bond acceptors (Lipinski definition) is 4. The third-order valence-corrected chi connectivity index (χ3v) is 4.88. The van der Waals surface area contributed by atoms with Crippen LogP contribution in [0.5, 0.6) is 5.75 Å². The van der Waals surface area contributed by atoms with Gasteiger partial charge in [0.2, 0.25) is 0 Å². The topological polar surface area (TPSA) is 75.6 Å². The number of esters is 1. The van der Waals surface area contributed by atoms with E-state index in [1.54, 1.807) is 48.5 Å². The molecule has 0 aliphatic carbocycles. The molecule has 0 aromatic heterocycles. The van der Waals surface area contributed by atoms with Gasteiger partial charge in [-0.05, 0) is 54.3 Å². The van der Waals surface area contributed by atoms with E-state index in [2.05, 4.69) is 5.32 Å². The van der Waals surface area contributed by atoms with E-state index in [1.807, 2.05) is 38.1 Å². The number of hydrogen-bond donors (Lipinski definition) is 2. The van der Waals surface area contributed by atoms with Crippen molar-refractivity contribution in [2.45, 2.75) is 26.3 Å². The molecular formula is C25H25NO4. The molecule has 5 nitrogen and oxygen atoms in total. The molecule has 3 rings (SSSR count). The molecule has 0 radical (unpaired) electrons. The minimum atomic E-state index is -0.550. The average molecular weight is 403 g/mol. The number of phenols is 1. The molecule has 3 aromatic rings. The van der Waals surface area contributed by atoms with Crippen LogP contribution in [0.25, 0.3) is 11.1 Å². The van der Waals surface area contributed by atoms with Gasteiger partial charge in [-0.1, -0.05) is 61.0 Å². The molecule has 0 spiro atoms. The van der Waals surface area contributed by atoms with Crippen molar-refractivity contribution >= 4 is 11.9 Å². The zero-order valence-corrected chi connectivity index (χ0v) is 17.1. The standard InChI is InChI=1S/C25H25NO4/c1-3-23(20-6-4-17(2)5-7-20)26-24(28)16-30-25(29)21-10-8-18(9-11-21)19-12-14-22(27)15-13-19/h4-15,23,27H,3,16H2,1-2H3,(H,26,28)/t23-/m0/s1. The number of aromatic hydroxyl groups is 1. The summed E-state index contributed by atoms with van der Waals surface area (Å²) in [6.45, 7) is 3.67. The second kappa shape index (κ2) is 9.74. The third-order valence-electron chi connectivity index (χ3n) is 4.88. The van der Waals surface area contributed by atoms with Crippen molar-refractivity contribution in [3.63, 3.8) is 0 Å². The monoisotopic (exact) mass is 403 g/mol. The van der Waals surface area contributed by atoms with Gasteiger partial charge in [-0.2, -0.15) is 0 Å². The van der Waals surface area contributed by atoms with Gasteiger partial charge in [0.05, 0.1) is 11.6 Å². The molecule has 5 heteroatoms. The Labute approximate surface area is 176 Å². The predicted octanol–water partition coefficient (Wildman–Crippen LogP) is 4.79. The van der Waals surface area contributed by atoms with Crippen LogP contribution >= 0.6 is 0 Å². The van der Waals surface area contributed by atoms with Crippen molar-refractivity contribution in [3.8, 4) is 16.9 Å². The van der Waals surface area contributed by atoms with Crippen LogP contribution in [-0.2, 0) is 9.53 Å². The van der Waals surface area contributed by atoms with E-state index in [0.29, 0.717) is 5.56 Å². The van der Waals surface area contributed by atoms with Gasteiger partial charge in [-0.3, -0.25) is 4.79 Å². The Morgan fingerprint density at radius 3 is 2.03 bits per heavy atom. The highest BCUT2D eigenvalue weighted by Gasteiger charge is 2.15. The molecule has 0 aliphatic heterocycles. The fraction of sp³-hybridized carbons (Fsp3) is 0.200. The smallest absolute Gasteiger partial charge is 0.338 e. The van der Waals surface area contributed by atoms with Crippen molar-refractivity contribution in [3.05, 3.63) is 89.5 Å². The molecular weight excluding hydrogens is 378 g/mol. The first-order valence-electron chi connectivity index (χ1n) is 9.89. The molecule has 0 bridgehead atoms. The van der Waals surface area contributed by atoms with Gasteiger partial charge in [-0.15, -0.1) is 0 Å². The number of carbonyl (C=O) groups is 2. The molecule has 2 N–H and O–H groups in total. The number of ether oxygens (including phenoxy) is 1. The second-order valence-electron chi connectivity index (χ2n) is 7.14. The van der Waals surface area contributed by atoms with E-state index in [9.17, 15) is 14.7 Å². The van der Waals surface area contributed by atoms with Gasteiger partial charge in [-0.25, -0.2) is 4.79 Å². The van der Waals surface area contributed by atoms with E-state index in [0.717, 1.165) is 28.7 Å². The zero-order chi connectivity index (χ0) is 21.5. The SMILES string of the molecule is CC[C@H](NC(=O)COC(=O)c1ccc(-c2ccc(O)cc2)cc1)c1ccc(C)cc1. The lowest BCUT2D eigenvalue weighted by Gasteiger charge is -2.17. The third kappa shape index (κ3) is 5.47. The van der Waals surface area contributed by atoms with Gasteiger partial charge < -0.3 is 15.2 Å². The van der Waals surface area contributed by atoms with Gasteiger partial charge in [0, 0.05) is 0 Å². The Morgan fingerprint density at radius 2 is 1.47 bits per heavy atom. The summed E-state index contributed by atoms with van der Waals surface area (Å²) in [6.07, 6.45) is 0.738. The Balaban J connectivity index is 1.54. The van der Waals surface area contributed by atoms with E-state index >= 15 is 0 Å². The molecule has 0 saturated carbocycles. The van der Waals surface area contributed by atoms with E-state index in [4.69, 9.17) is 4.74 Å². The molecule has 0 aliphatic rings. The number of phenolic OH excluding ortho intramolecular Hbond substituents is 1. The summed E-state index contributed by atoms with van der Waals surface area (Å²) >= 11 is 0. The van der Waals surface area contributed by atoms with Crippen molar-refractivity contribution < 1.29 is 19.4 Å². The van der Waals surface area contributed by atoms with E-state index in [-0.39, 0.29) is 24.3 Å². The summed E-state index contributed by atoms with van der Waals surface area (Å²) in [6, 6.07) is 21.6. The van der Waals surface area contributed by atoms with Crippen molar-refractivity contribution in [1.29, 1.82) is 0 Å². The van der Waals surface area contributed by atoms with Crippen LogP contribution in [0.3, 0.4) is 0 Å². The Morgan fingerprint density at radius 1 is 0.900 bits per heavy atom. The quantitative estimate of drug-likeness (QED) is 0.556. The largest absolute Gasteiger partial charge is 0.508 e. The minimum absolute atomic E-state index is 0.124. The number of amides is 1. The highest BCUT2D eigenvalue weighted by molar-refractivity contribution is 5.92. The van der Waals surface area contributed by atoms with Gasteiger partial charge in [0.15, 0.2) is 6.61 Å². The summed E-state index contributed by atoms with van der Waals surface area (Å²) in [4.78, 5) is 24.5. The maximum atomic E-state index is 12.3. The van der Waals surface area contributed by atoms with Crippen LogP contribution in [0.15, 0.2) is 72.8 Å². The number of aryl methyl sites for hydroxylation is 1. The lowest BCUT2D eigenvalue weighted by atomic mass is 10.0. The zero-order valence-electron chi connectivity index (χ0n) is 17.1. The van der Waals surface area contributed by atoms with Gasteiger partial charge in [0.25, 0.3) is 5.91 Å². The number of nitrogens with one attached hydrogen (secondary N) is 1. The van der Waals surface area contributed by atoms with Crippen LogP contribution in [0.4, 0.5) is 0 Å². The first-order valence-corrected chi connectivity index (χ1v) is 9.89. The van der Waals surface area contributed by atoms with Crippen LogP contribution in [0, 0.1) is 6.92 Å².